The van der Waals surface area contributed by atoms with Gasteiger partial charge in [0.1, 0.15) is 5.82 Å². The Bertz CT molecular complexity index is 997. The summed E-state index contributed by atoms with van der Waals surface area (Å²) in [6.07, 6.45) is 3.64. The number of thiocarbonyl (C=S) groups is 1. The van der Waals surface area contributed by atoms with Gasteiger partial charge >= 0.3 is 0 Å². The second-order valence-corrected chi connectivity index (χ2v) is 7.24. The lowest BCUT2D eigenvalue weighted by molar-refractivity contribution is 0.220. The number of benzene rings is 1. The molecule has 144 valence electrons. The van der Waals surface area contributed by atoms with Crippen molar-refractivity contribution >= 4 is 28.9 Å². The summed E-state index contributed by atoms with van der Waals surface area (Å²) >= 11 is 11.5. The molecule has 0 spiro atoms. The number of pyridine rings is 1. The van der Waals surface area contributed by atoms with Crippen molar-refractivity contribution in [2.45, 2.75) is 12.1 Å². The van der Waals surface area contributed by atoms with Gasteiger partial charge in [0.15, 0.2) is 5.11 Å². The number of aliphatic hydroxyl groups excluding tert-OH is 1. The zero-order chi connectivity index (χ0) is 19.7. The zero-order valence-corrected chi connectivity index (χ0v) is 16.4. The minimum atomic E-state index is -0.462. The smallest absolute Gasteiger partial charge is 0.170 e. The van der Waals surface area contributed by atoms with Crippen molar-refractivity contribution in [3.8, 4) is 5.69 Å². The molecule has 5 nitrogen and oxygen atoms in total. The molecule has 1 aromatic carbocycles. The lowest BCUT2D eigenvalue weighted by Gasteiger charge is -2.28. The first-order valence-corrected chi connectivity index (χ1v) is 9.60. The van der Waals surface area contributed by atoms with Gasteiger partial charge in [0, 0.05) is 30.3 Å². The predicted molar refractivity (Wildman–Crippen MR) is 110 cm³/mol. The maximum Gasteiger partial charge on any atom is 0.170 e. The van der Waals surface area contributed by atoms with Crippen molar-refractivity contribution < 1.29 is 9.50 Å². The van der Waals surface area contributed by atoms with Gasteiger partial charge in [0.2, 0.25) is 0 Å². The fourth-order valence-corrected chi connectivity index (χ4v) is 4.09. The van der Waals surface area contributed by atoms with Gasteiger partial charge in [-0.05, 0) is 54.7 Å². The lowest BCUT2D eigenvalue weighted by atomic mass is 10.0. The molecule has 1 fully saturated rings. The summed E-state index contributed by atoms with van der Waals surface area (Å²) in [6.45, 7) is 0.353. The zero-order valence-electron chi connectivity index (χ0n) is 14.8. The number of nitrogens with one attached hydrogen (secondary N) is 1. The maximum absolute atomic E-state index is 13.6. The van der Waals surface area contributed by atoms with Crippen LogP contribution in [0.15, 0.2) is 60.9 Å². The second kappa shape index (κ2) is 7.87. The molecule has 2 N–H and O–H groups in total. The van der Waals surface area contributed by atoms with E-state index in [2.05, 4.69) is 10.3 Å². The Balaban J connectivity index is 1.81. The van der Waals surface area contributed by atoms with Gasteiger partial charge in [-0.25, -0.2) is 4.39 Å². The largest absolute Gasteiger partial charge is 0.395 e. The van der Waals surface area contributed by atoms with E-state index in [1.807, 2.05) is 46.0 Å². The number of aromatic nitrogens is 2. The Morgan fingerprint density at radius 1 is 1.21 bits per heavy atom. The first-order chi connectivity index (χ1) is 13.6. The van der Waals surface area contributed by atoms with Crippen LogP contribution in [0.3, 0.4) is 0 Å². The van der Waals surface area contributed by atoms with E-state index in [-0.39, 0.29) is 23.7 Å². The number of halogens is 2. The van der Waals surface area contributed by atoms with E-state index in [0.717, 1.165) is 17.1 Å². The topological polar surface area (TPSA) is 53.3 Å². The van der Waals surface area contributed by atoms with Crippen molar-refractivity contribution in [3.63, 3.8) is 0 Å². The highest BCUT2D eigenvalue weighted by atomic mass is 35.5. The first kappa shape index (κ1) is 18.9. The van der Waals surface area contributed by atoms with E-state index in [0.29, 0.717) is 11.7 Å². The molecule has 1 aliphatic heterocycles. The van der Waals surface area contributed by atoms with Gasteiger partial charge in [0.25, 0.3) is 0 Å². The summed E-state index contributed by atoms with van der Waals surface area (Å²) in [5.74, 6) is -0.462. The van der Waals surface area contributed by atoms with Crippen molar-refractivity contribution in [1.82, 2.24) is 19.8 Å². The van der Waals surface area contributed by atoms with Crippen LogP contribution in [0.1, 0.15) is 23.5 Å². The molecular weight excluding hydrogens is 399 g/mol. The van der Waals surface area contributed by atoms with Crippen LogP contribution in [0, 0.1) is 5.82 Å². The van der Waals surface area contributed by atoms with E-state index in [4.69, 9.17) is 23.8 Å². The monoisotopic (exact) mass is 416 g/mol. The Labute approximate surface area is 172 Å². The molecule has 0 saturated carbocycles. The summed E-state index contributed by atoms with van der Waals surface area (Å²) in [6, 6.07) is 13.9. The molecule has 1 saturated heterocycles. The van der Waals surface area contributed by atoms with Crippen LogP contribution in [-0.2, 0) is 0 Å². The van der Waals surface area contributed by atoms with Crippen molar-refractivity contribution in [1.29, 1.82) is 0 Å². The molecule has 1 aliphatic rings. The normalized spacial score (nSPS) is 19.1. The van der Waals surface area contributed by atoms with Gasteiger partial charge in [-0.2, -0.15) is 0 Å². The summed E-state index contributed by atoms with van der Waals surface area (Å²) < 4.78 is 15.6. The van der Waals surface area contributed by atoms with Gasteiger partial charge in [0.05, 0.1) is 29.4 Å². The molecule has 3 heterocycles. The molecule has 2 aromatic heterocycles. The quantitative estimate of drug-likeness (QED) is 0.622. The third-order valence-electron chi connectivity index (χ3n) is 4.80. The molecule has 2 atom stereocenters. The third-order valence-corrected chi connectivity index (χ3v) is 5.45. The molecule has 8 heteroatoms. The van der Waals surface area contributed by atoms with Gasteiger partial charge < -0.3 is 19.9 Å². The highest BCUT2D eigenvalue weighted by molar-refractivity contribution is 7.80. The van der Waals surface area contributed by atoms with E-state index in [9.17, 15) is 9.50 Å². The van der Waals surface area contributed by atoms with E-state index in [1.54, 1.807) is 18.3 Å². The average Bonchev–Trinajstić information content (AvgIpc) is 3.30. The molecule has 4 rings (SSSR count). The van der Waals surface area contributed by atoms with Crippen LogP contribution in [0.5, 0.6) is 0 Å². The molecule has 0 radical (unpaired) electrons. The highest BCUT2D eigenvalue weighted by Crippen LogP contribution is 2.39. The van der Waals surface area contributed by atoms with Crippen molar-refractivity contribution in [2.24, 2.45) is 0 Å². The Morgan fingerprint density at radius 2 is 2.07 bits per heavy atom. The molecule has 3 aromatic rings. The Hall–Kier alpha value is -2.48. The van der Waals surface area contributed by atoms with Gasteiger partial charge in [-0.15, -0.1) is 0 Å². The van der Waals surface area contributed by atoms with Crippen LogP contribution in [0.2, 0.25) is 5.02 Å². The highest BCUT2D eigenvalue weighted by Gasteiger charge is 2.40. The molecule has 0 amide bonds. The minimum absolute atomic E-state index is 0.0314. The lowest BCUT2D eigenvalue weighted by Crippen LogP contribution is -2.32. The number of rotatable bonds is 5. The third kappa shape index (κ3) is 3.37. The Kier molecular flexibility index (Phi) is 5.30. The SMILES string of the molecule is OCCN1C(=S)N[C@@H](c2ccccn2)[C@H]1c1cccn1-c1ccc(F)c(Cl)c1. The number of hydrogen-bond acceptors (Lipinski definition) is 3. The molecule has 0 aliphatic carbocycles. The van der Waals surface area contributed by atoms with Gasteiger partial charge in [-0.1, -0.05) is 17.7 Å². The maximum atomic E-state index is 13.6. The standard InChI is InChI=1S/C20H18ClFN4OS/c21-14-12-13(6-7-15(14)22)25-9-3-5-17(25)19-18(16-4-1-2-8-23-16)24-20(28)26(19)10-11-27/h1-9,12,18-19,27H,10-11H2,(H,24,28)/t18-,19+/m0/s1. The molecule has 0 bridgehead atoms. The predicted octanol–water partition coefficient (Wildman–Crippen LogP) is 3.63. The van der Waals surface area contributed by atoms with Crippen LogP contribution in [0.4, 0.5) is 4.39 Å². The number of β-amino-alcohol motifs (C(OH)–C–C–N with tert-alkyl or cyclic N) is 1. The van der Waals surface area contributed by atoms with E-state index in [1.165, 1.54) is 6.07 Å². The van der Waals surface area contributed by atoms with Gasteiger partial charge in [-0.3, -0.25) is 4.98 Å². The van der Waals surface area contributed by atoms with Crippen LogP contribution < -0.4 is 5.32 Å². The van der Waals surface area contributed by atoms with E-state index < -0.39 is 5.82 Å². The fourth-order valence-electron chi connectivity index (χ4n) is 3.58. The number of hydrogen-bond donors (Lipinski definition) is 2. The summed E-state index contributed by atoms with van der Waals surface area (Å²) in [5, 5.41) is 13.5. The molecule has 0 unspecified atom stereocenters. The second-order valence-electron chi connectivity index (χ2n) is 6.45. The average molecular weight is 417 g/mol. The Morgan fingerprint density at radius 3 is 2.79 bits per heavy atom. The first-order valence-electron chi connectivity index (χ1n) is 8.81. The number of aliphatic hydroxyl groups is 1. The van der Waals surface area contributed by atoms with Crippen molar-refractivity contribution in [2.75, 3.05) is 13.2 Å². The van der Waals surface area contributed by atoms with E-state index >= 15 is 0 Å². The fraction of sp³-hybridized carbons (Fsp3) is 0.200. The van der Waals surface area contributed by atoms with Crippen LogP contribution in [0.25, 0.3) is 5.69 Å². The number of nitrogens with zero attached hydrogens (tertiary/aromatic N) is 3. The molecular formula is C20H18ClFN4OS. The summed E-state index contributed by atoms with van der Waals surface area (Å²) in [5.41, 5.74) is 2.52. The van der Waals surface area contributed by atoms with Crippen LogP contribution in [-0.4, -0.2) is 37.8 Å². The molecule has 28 heavy (non-hydrogen) atoms. The van der Waals surface area contributed by atoms with Crippen LogP contribution >= 0.6 is 23.8 Å². The minimum Gasteiger partial charge on any atom is -0.395 e. The van der Waals surface area contributed by atoms with Crippen molar-refractivity contribution in [3.05, 3.63) is 83.2 Å². The summed E-state index contributed by atoms with van der Waals surface area (Å²) in [4.78, 5) is 6.44. The summed E-state index contributed by atoms with van der Waals surface area (Å²) in [7, 11) is 0.